The number of morpholine rings is 1. The number of halogens is 3. The molecule has 0 aliphatic carbocycles. The van der Waals surface area contributed by atoms with Crippen LogP contribution in [0.5, 0.6) is 0 Å². The molecule has 1 N–H and O–H groups in total. The fourth-order valence-electron chi connectivity index (χ4n) is 2.56. The first-order chi connectivity index (χ1) is 9.91. The summed E-state index contributed by atoms with van der Waals surface area (Å²) in [6.45, 7) is 4.88. The predicted molar refractivity (Wildman–Crippen MR) is 75.1 cm³/mol. The average Bonchev–Trinajstić information content (AvgIpc) is 2.46. The molecule has 2 rings (SSSR count). The highest BCUT2D eigenvalue weighted by Gasteiger charge is 2.31. The Bertz CT molecular complexity index is 464. The van der Waals surface area contributed by atoms with Crippen molar-refractivity contribution in [1.82, 2.24) is 10.2 Å². The zero-order valence-electron chi connectivity index (χ0n) is 12.3. The van der Waals surface area contributed by atoms with Crippen molar-refractivity contribution in [3.63, 3.8) is 0 Å². The molecule has 2 unspecified atom stereocenters. The second-order valence-electron chi connectivity index (χ2n) is 5.38. The largest absolute Gasteiger partial charge is 0.416 e. The second kappa shape index (κ2) is 6.77. The van der Waals surface area contributed by atoms with Gasteiger partial charge in [0.25, 0.3) is 0 Å². The van der Waals surface area contributed by atoms with Crippen molar-refractivity contribution in [3.8, 4) is 0 Å². The zero-order valence-corrected chi connectivity index (χ0v) is 12.3. The fraction of sp³-hybridized carbons (Fsp3) is 0.600. The quantitative estimate of drug-likeness (QED) is 0.925. The molecular weight excluding hydrogens is 281 g/mol. The predicted octanol–water partition coefficient (Wildman–Crippen LogP) is 2.69. The first-order valence-electron chi connectivity index (χ1n) is 7.08. The van der Waals surface area contributed by atoms with E-state index in [0.29, 0.717) is 25.3 Å². The van der Waals surface area contributed by atoms with E-state index in [-0.39, 0.29) is 12.1 Å². The van der Waals surface area contributed by atoms with Crippen molar-refractivity contribution < 1.29 is 17.9 Å². The van der Waals surface area contributed by atoms with Gasteiger partial charge in [0, 0.05) is 25.2 Å². The molecule has 1 fully saturated rings. The Labute approximate surface area is 123 Å². The van der Waals surface area contributed by atoms with Crippen LogP contribution in [0.15, 0.2) is 24.3 Å². The molecular formula is C15H21F3N2O. The van der Waals surface area contributed by atoms with Gasteiger partial charge in [-0.15, -0.1) is 0 Å². The van der Waals surface area contributed by atoms with E-state index in [1.165, 1.54) is 12.1 Å². The van der Waals surface area contributed by atoms with E-state index in [1.807, 2.05) is 0 Å². The van der Waals surface area contributed by atoms with Gasteiger partial charge in [-0.05, 0) is 31.7 Å². The molecule has 1 aliphatic heterocycles. The van der Waals surface area contributed by atoms with Crippen LogP contribution in [-0.4, -0.2) is 44.3 Å². The highest BCUT2D eigenvalue weighted by molar-refractivity contribution is 5.28. The Kier molecular flexibility index (Phi) is 5.24. The van der Waals surface area contributed by atoms with Gasteiger partial charge in [0.1, 0.15) is 0 Å². The number of hydrogen-bond acceptors (Lipinski definition) is 3. The molecule has 3 nitrogen and oxygen atoms in total. The van der Waals surface area contributed by atoms with Crippen LogP contribution >= 0.6 is 0 Å². The Morgan fingerprint density at radius 2 is 2.19 bits per heavy atom. The third-order valence-corrected chi connectivity index (χ3v) is 3.89. The maximum atomic E-state index is 12.8. The van der Waals surface area contributed by atoms with Crippen LogP contribution < -0.4 is 5.32 Å². The van der Waals surface area contributed by atoms with Crippen molar-refractivity contribution in [1.29, 1.82) is 0 Å². The molecule has 0 saturated carbocycles. The normalized spacial score (nSPS) is 22.2. The summed E-state index contributed by atoms with van der Waals surface area (Å²) in [5.74, 6) is 0. The number of likely N-dealkylation sites (N-methyl/N-ethyl adjacent to an activating group) is 1. The molecule has 21 heavy (non-hydrogen) atoms. The van der Waals surface area contributed by atoms with Crippen molar-refractivity contribution >= 4 is 0 Å². The van der Waals surface area contributed by atoms with Crippen LogP contribution in [0, 0.1) is 0 Å². The van der Waals surface area contributed by atoms with Crippen LogP contribution in [0.4, 0.5) is 13.2 Å². The lowest BCUT2D eigenvalue weighted by Crippen LogP contribution is -2.46. The molecule has 0 radical (unpaired) electrons. The summed E-state index contributed by atoms with van der Waals surface area (Å²) in [6, 6.07) is 5.68. The molecule has 0 aromatic heterocycles. The Hall–Kier alpha value is -1.11. The van der Waals surface area contributed by atoms with E-state index in [0.717, 1.165) is 12.6 Å². The van der Waals surface area contributed by atoms with Gasteiger partial charge in [0.15, 0.2) is 0 Å². The van der Waals surface area contributed by atoms with E-state index >= 15 is 0 Å². The number of hydrogen-bond donors (Lipinski definition) is 1. The van der Waals surface area contributed by atoms with E-state index in [2.05, 4.69) is 17.1 Å². The Morgan fingerprint density at radius 3 is 2.81 bits per heavy atom. The number of nitrogens with zero attached hydrogens (tertiary/aromatic N) is 1. The minimum atomic E-state index is -4.31. The molecule has 0 bridgehead atoms. The second-order valence-corrected chi connectivity index (χ2v) is 5.38. The molecule has 1 saturated heterocycles. The number of rotatable bonds is 4. The first kappa shape index (κ1) is 16.3. The lowest BCUT2D eigenvalue weighted by Gasteiger charge is -2.36. The Balaban J connectivity index is 2.13. The summed E-state index contributed by atoms with van der Waals surface area (Å²) < 4.78 is 43.8. The van der Waals surface area contributed by atoms with Crippen LogP contribution in [0.3, 0.4) is 0 Å². The molecule has 0 amide bonds. The summed E-state index contributed by atoms with van der Waals surface area (Å²) in [4.78, 5) is 2.24. The SMILES string of the molecule is CNC(CN1CCOCC1C)c1cccc(C(F)(F)F)c1. The fourth-order valence-corrected chi connectivity index (χ4v) is 2.56. The monoisotopic (exact) mass is 302 g/mol. The third-order valence-electron chi connectivity index (χ3n) is 3.89. The van der Waals surface area contributed by atoms with Crippen LogP contribution in [0.1, 0.15) is 24.1 Å². The molecule has 1 aliphatic rings. The highest BCUT2D eigenvalue weighted by atomic mass is 19.4. The number of ether oxygens (including phenoxy) is 1. The van der Waals surface area contributed by atoms with Crippen LogP contribution in [0.2, 0.25) is 0 Å². The molecule has 6 heteroatoms. The number of nitrogens with one attached hydrogen (secondary N) is 1. The molecule has 1 aromatic rings. The molecule has 0 spiro atoms. The zero-order chi connectivity index (χ0) is 15.5. The Morgan fingerprint density at radius 1 is 1.43 bits per heavy atom. The number of benzene rings is 1. The van der Waals surface area contributed by atoms with E-state index < -0.39 is 11.7 Å². The van der Waals surface area contributed by atoms with E-state index in [1.54, 1.807) is 13.1 Å². The van der Waals surface area contributed by atoms with E-state index in [4.69, 9.17) is 4.74 Å². The topological polar surface area (TPSA) is 24.5 Å². The van der Waals surface area contributed by atoms with Crippen molar-refractivity contribution in [2.24, 2.45) is 0 Å². The lowest BCUT2D eigenvalue weighted by atomic mass is 10.0. The molecule has 1 heterocycles. The van der Waals surface area contributed by atoms with Gasteiger partial charge >= 0.3 is 6.18 Å². The van der Waals surface area contributed by atoms with E-state index in [9.17, 15) is 13.2 Å². The van der Waals surface area contributed by atoms with Crippen molar-refractivity contribution in [3.05, 3.63) is 35.4 Å². The van der Waals surface area contributed by atoms with Gasteiger partial charge in [-0.3, -0.25) is 4.90 Å². The summed E-state index contributed by atoms with van der Waals surface area (Å²) >= 11 is 0. The molecule has 1 aromatic carbocycles. The summed E-state index contributed by atoms with van der Waals surface area (Å²) in [6.07, 6.45) is -4.31. The van der Waals surface area contributed by atoms with Gasteiger partial charge < -0.3 is 10.1 Å². The van der Waals surface area contributed by atoms with Gasteiger partial charge in [0.2, 0.25) is 0 Å². The van der Waals surface area contributed by atoms with Crippen LogP contribution in [-0.2, 0) is 10.9 Å². The molecule has 118 valence electrons. The molecule has 2 atom stereocenters. The third kappa shape index (κ3) is 4.18. The van der Waals surface area contributed by atoms with Gasteiger partial charge in [-0.2, -0.15) is 13.2 Å². The maximum absolute atomic E-state index is 12.8. The summed E-state index contributed by atoms with van der Waals surface area (Å²) in [5.41, 5.74) is 0.0568. The summed E-state index contributed by atoms with van der Waals surface area (Å²) in [7, 11) is 1.77. The summed E-state index contributed by atoms with van der Waals surface area (Å²) in [5, 5.41) is 3.12. The first-order valence-corrected chi connectivity index (χ1v) is 7.08. The minimum absolute atomic E-state index is 0.132. The number of alkyl halides is 3. The highest BCUT2D eigenvalue weighted by Crippen LogP contribution is 2.31. The van der Waals surface area contributed by atoms with Crippen LogP contribution in [0.25, 0.3) is 0 Å². The van der Waals surface area contributed by atoms with Crippen molar-refractivity contribution in [2.75, 3.05) is 33.4 Å². The van der Waals surface area contributed by atoms with Crippen molar-refractivity contribution in [2.45, 2.75) is 25.2 Å². The maximum Gasteiger partial charge on any atom is 0.416 e. The van der Waals surface area contributed by atoms with Gasteiger partial charge in [0.05, 0.1) is 18.8 Å². The van der Waals surface area contributed by atoms with Gasteiger partial charge in [-0.1, -0.05) is 12.1 Å². The van der Waals surface area contributed by atoms with Gasteiger partial charge in [-0.25, -0.2) is 0 Å². The lowest BCUT2D eigenvalue weighted by molar-refractivity contribution is -0.137. The smallest absolute Gasteiger partial charge is 0.379 e. The minimum Gasteiger partial charge on any atom is -0.379 e. The average molecular weight is 302 g/mol. The standard InChI is InChI=1S/C15H21F3N2O/c1-11-10-21-7-6-20(11)9-14(19-2)12-4-3-5-13(8-12)15(16,17)18/h3-5,8,11,14,19H,6-7,9-10H2,1-2H3.